The van der Waals surface area contributed by atoms with E-state index in [1.807, 2.05) is 12.1 Å². The maximum atomic E-state index is 13.1. The van der Waals surface area contributed by atoms with Gasteiger partial charge >= 0.3 is 0 Å². The average molecular weight is 386 g/mol. The van der Waals surface area contributed by atoms with Crippen molar-refractivity contribution in [1.82, 2.24) is 4.98 Å². The first-order chi connectivity index (χ1) is 13.0. The second-order valence-corrected chi connectivity index (χ2v) is 6.23. The molecule has 0 aliphatic heterocycles. The number of nitrogens with zero attached hydrogens (tertiary/aromatic N) is 1. The molecule has 1 amide bonds. The summed E-state index contributed by atoms with van der Waals surface area (Å²) >= 11 is 5.70. The summed E-state index contributed by atoms with van der Waals surface area (Å²) in [5.41, 5.74) is 7.69. The highest BCUT2D eigenvalue weighted by molar-refractivity contribution is 6.31. The minimum Gasteiger partial charge on any atom is -0.437 e. The number of benzene rings is 2. The summed E-state index contributed by atoms with van der Waals surface area (Å²) in [6, 6.07) is 14.8. The van der Waals surface area contributed by atoms with E-state index in [2.05, 4.69) is 10.3 Å². The number of anilines is 2. The lowest BCUT2D eigenvalue weighted by Crippen LogP contribution is -2.12. The van der Waals surface area contributed by atoms with Crippen molar-refractivity contribution in [3.05, 3.63) is 77.2 Å². The van der Waals surface area contributed by atoms with Crippen LogP contribution in [0.5, 0.6) is 11.6 Å². The Bertz CT molecular complexity index is 948. The van der Waals surface area contributed by atoms with Gasteiger partial charge in [-0.1, -0.05) is 23.7 Å². The molecule has 27 heavy (non-hydrogen) atoms. The van der Waals surface area contributed by atoms with Crippen LogP contribution in [0.3, 0.4) is 0 Å². The van der Waals surface area contributed by atoms with Crippen molar-refractivity contribution in [2.45, 2.75) is 12.8 Å². The fraction of sp³-hybridized carbons (Fsp3) is 0.100. The van der Waals surface area contributed by atoms with E-state index in [1.54, 1.807) is 30.5 Å². The molecule has 0 saturated heterocycles. The number of amides is 1. The van der Waals surface area contributed by atoms with E-state index in [1.165, 1.54) is 18.2 Å². The van der Waals surface area contributed by atoms with Crippen LogP contribution in [0.1, 0.15) is 12.0 Å². The third-order valence-corrected chi connectivity index (χ3v) is 4.07. The summed E-state index contributed by atoms with van der Waals surface area (Å²) in [5, 5.41) is 2.66. The molecule has 0 bridgehead atoms. The average Bonchev–Trinajstić information content (AvgIpc) is 2.66. The van der Waals surface area contributed by atoms with Crippen LogP contribution in [0.4, 0.5) is 15.8 Å². The summed E-state index contributed by atoms with van der Waals surface area (Å²) < 4.78 is 18.8. The summed E-state index contributed by atoms with van der Waals surface area (Å²) in [6.07, 6.45) is 2.43. The number of hydrogen-bond acceptors (Lipinski definition) is 4. The van der Waals surface area contributed by atoms with Crippen LogP contribution in [-0.2, 0) is 11.2 Å². The number of ether oxygens (including phenoxy) is 1. The normalized spacial score (nSPS) is 10.4. The Labute approximate surface area is 160 Å². The van der Waals surface area contributed by atoms with Gasteiger partial charge in [0.25, 0.3) is 0 Å². The Morgan fingerprint density at radius 2 is 1.96 bits per heavy atom. The molecule has 0 unspecified atom stereocenters. The van der Waals surface area contributed by atoms with E-state index >= 15 is 0 Å². The van der Waals surface area contributed by atoms with Gasteiger partial charge in [0.2, 0.25) is 11.8 Å². The van der Waals surface area contributed by atoms with E-state index in [0.29, 0.717) is 29.4 Å². The first kappa shape index (κ1) is 18.7. The quantitative estimate of drug-likeness (QED) is 0.637. The number of pyridine rings is 1. The molecule has 0 atom stereocenters. The predicted molar refractivity (Wildman–Crippen MR) is 104 cm³/mol. The van der Waals surface area contributed by atoms with Crippen molar-refractivity contribution in [2.75, 3.05) is 11.1 Å². The monoisotopic (exact) mass is 385 g/mol. The zero-order valence-electron chi connectivity index (χ0n) is 14.3. The topological polar surface area (TPSA) is 77.2 Å². The lowest BCUT2D eigenvalue weighted by Gasteiger charge is -2.08. The van der Waals surface area contributed by atoms with Gasteiger partial charge in [0.1, 0.15) is 11.6 Å². The number of carbonyl (C=O) groups is 1. The van der Waals surface area contributed by atoms with Crippen molar-refractivity contribution < 1.29 is 13.9 Å². The van der Waals surface area contributed by atoms with E-state index in [0.717, 1.165) is 5.56 Å². The molecule has 3 aromatic rings. The third-order valence-electron chi connectivity index (χ3n) is 3.78. The molecule has 138 valence electrons. The van der Waals surface area contributed by atoms with E-state index in [4.69, 9.17) is 22.1 Å². The van der Waals surface area contributed by atoms with Crippen molar-refractivity contribution >= 4 is 28.9 Å². The Balaban J connectivity index is 1.53. The molecule has 2 aromatic carbocycles. The summed E-state index contributed by atoms with van der Waals surface area (Å²) in [4.78, 5) is 16.1. The number of nitrogens with two attached hydrogens (primary N) is 1. The van der Waals surface area contributed by atoms with Crippen LogP contribution in [-0.4, -0.2) is 10.9 Å². The van der Waals surface area contributed by atoms with Gasteiger partial charge in [0.15, 0.2) is 0 Å². The molecule has 0 aliphatic carbocycles. The molecule has 7 heteroatoms. The van der Waals surface area contributed by atoms with Crippen molar-refractivity contribution in [3.63, 3.8) is 0 Å². The van der Waals surface area contributed by atoms with Crippen LogP contribution in [0.25, 0.3) is 0 Å². The Morgan fingerprint density at radius 1 is 1.19 bits per heavy atom. The fourth-order valence-corrected chi connectivity index (χ4v) is 2.56. The number of aromatic nitrogens is 1. The van der Waals surface area contributed by atoms with Gasteiger partial charge in [0, 0.05) is 18.3 Å². The standard InChI is InChI=1S/C20H17ClFN3O2/c21-16-12-14(6-9-17(16)22)25-19(26)10-5-13-3-7-15(8-4-13)27-20-18(23)2-1-11-24-20/h1-4,6-9,11-12H,5,10,23H2,(H,25,26). The molecular weight excluding hydrogens is 369 g/mol. The number of carbonyl (C=O) groups excluding carboxylic acids is 1. The smallest absolute Gasteiger partial charge is 0.242 e. The molecule has 1 aromatic heterocycles. The van der Waals surface area contributed by atoms with E-state index in [9.17, 15) is 9.18 Å². The zero-order chi connectivity index (χ0) is 19.2. The Morgan fingerprint density at radius 3 is 2.67 bits per heavy atom. The molecular formula is C20H17ClFN3O2. The van der Waals surface area contributed by atoms with Crippen LogP contribution < -0.4 is 15.8 Å². The minimum absolute atomic E-state index is 0.0306. The van der Waals surface area contributed by atoms with E-state index in [-0.39, 0.29) is 17.4 Å². The molecule has 0 saturated carbocycles. The Kier molecular flexibility index (Phi) is 5.88. The maximum Gasteiger partial charge on any atom is 0.242 e. The summed E-state index contributed by atoms with van der Waals surface area (Å²) in [5.74, 6) is 0.251. The highest BCUT2D eigenvalue weighted by Crippen LogP contribution is 2.25. The van der Waals surface area contributed by atoms with Gasteiger partial charge in [0.05, 0.1) is 10.7 Å². The number of halogens is 2. The van der Waals surface area contributed by atoms with Crippen LogP contribution >= 0.6 is 11.6 Å². The predicted octanol–water partition coefficient (Wildman–Crippen LogP) is 4.82. The third kappa shape index (κ3) is 5.18. The van der Waals surface area contributed by atoms with Crippen LogP contribution in [0.2, 0.25) is 5.02 Å². The molecule has 3 N–H and O–H groups in total. The first-order valence-corrected chi connectivity index (χ1v) is 8.61. The SMILES string of the molecule is Nc1cccnc1Oc1ccc(CCC(=O)Nc2ccc(F)c(Cl)c2)cc1. The zero-order valence-corrected chi connectivity index (χ0v) is 15.0. The molecule has 5 nitrogen and oxygen atoms in total. The van der Waals surface area contributed by atoms with Gasteiger partial charge in [-0.2, -0.15) is 0 Å². The van der Waals surface area contributed by atoms with Gasteiger partial charge in [-0.05, 0) is 54.4 Å². The van der Waals surface area contributed by atoms with Gasteiger partial charge in [-0.15, -0.1) is 0 Å². The van der Waals surface area contributed by atoms with Gasteiger partial charge in [-0.3, -0.25) is 4.79 Å². The number of rotatable bonds is 6. The number of nitrogens with one attached hydrogen (secondary N) is 1. The second kappa shape index (κ2) is 8.51. The van der Waals surface area contributed by atoms with Crippen molar-refractivity contribution in [3.8, 4) is 11.6 Å². The van der Waals surface area contributed by atoms with Crippen molar-refractivity contribution in [2.24, 2.45) is 0 Å². The largest absolute Gasteiger partial charge is 0.437 e. The summed E-state index contributed by atoms with van der Waals surface area (Å²) in [6.45, 7) is 0. The van der Waals surface area contributed by atoms with Gasteiger partial charge < -0.3 is 15.8 Å². The highest BCUT2D eigenvalue weighted by Gasteiger charge is 2.07. The number of hydrogen-bond donors (Lipinski definition) is 2. The second-order valence-electron chi connectivity index (χ2n) is 5.82. The molecule has 0 radical (unpaired) electrons. The molecule has 0 fully saturated rings. The Hall–Kier alpha value is -3.12. The van der Waals surface area contributed by atoms with Crippen molar-refractivity contribution in [1.29, 1.82) is 0 Å². The van der Waals surface area contributed by atoms with Crippen LogP contribution in [0.15, 0.2) is 60.8 Å². The lowest BCUT2D eigenvalue weighted by atomic mass is 10.1. The number of nitrogen functional groups attached to an aromatic ring is 1. The van der Waals surface area contributed by atoms with Crippen LogP contribution in [0, 0.1) is 5.82 Å². The van der Waals surface area contributed by atoms with Gasteiger partial charge in [-0.25, -0.2) is 9.37 Å². The maximum absolute atomic E-state index is 13.1. The molecule has 1 heterocycles. The minimum atomic E-state index is -0.524. The van der Waals surface area contributed by atoms with E-state index < -0.39 is 5.82 Å². The highest BCUT2D eigenvalue weighted by atomic mass is 35.5. The molecule has 0 spiro atoms. The lowest BCUT2D eigenvalue weighted by molar-refractivity contribution is -0.116. The molecule has 3 rings (SSSR count). The number of aryl methyl sites for hydroxylation is 1. The molecule has 0 aliphatic rings. The fourth-order valence-electron chi connectivity index (χ4n) is 2.38. The summed E-state index contributed by atoms with van der Waals surface area (Å²) in [7, 11) is 0. The first-order valence-electron chi connectivity index (χ1n) is 8.23.